The van der Waals surface area contributed by atoms with E-state index in [4.69, 9.17) is 27.8 Å². The second-order valence-electron chi connectivity index (χ2n) is 3.99. The average molecular weight is 296 g/mol. The molecule has 4 N–H and O–H groups in total. The van der Waals surface area contributed by atoms with E-state index in [0.717, 1.165) is 0 Å². The molecule has 20 heavy (non-hydrogen) atoms. The molecule has 2 rings (SSSR count). The van der Waals surface area contributed by atoms with Gasteiger partial charge in [0.05, 0.1) is 12.5 Å². The van der Waals surface area contributed by atoms with Crippen molar-refractivity contribution in [3.63, 3.8) is 0 Å². The van der Waals surface area contributed by atoms with E-state index in [2.05, 4.69) is 10.1 Å². The highest BCUT2D eigenvalue weighted by Crippen LogP contribution is 2.27. The monoisotopic (exact) mass is 295 g/mol. The number of aliphatic imine (C=N–C) groups is 1. The quantitative estimate of drug-likeness (QED) is 0.471. The molecular weight excluding hydrogens is 282 g/mol. The largest absolute Gasteiger partial charge is 0.461 e. The van der Waals surface area contributed by atoms with E-state index < -0.39 is 5.97 Å². The van der Waals surface area contributed by atoms with E-state index in [1.165, 1.54) is 4.68 Å². The number of allylic oxidation sites excluding steroid dienone is 2. The molecule has 1 atom stereocenters. The van der Waals surface area contributed by atoms with Crippen LogP contribution in [0.5, 0.6) is 0 Å². The molecule has 106 valence electrons. The first-order valence-corrected chi connectivity index (χ1v) is 6.30. The zero-order chi connectivity index (χ0) is 14.7. The molecule has 7 nitrogen and oxygen atoms in total. The summed E-state index contributed by atoms with van der Waals surface area (Å²) in [5.41, 5.74) is 12.1. The first-order chi connectivity index (χ1) is 9.54. The predicted octanol–water partition coefficient (Wildman–Crippen LogP) is 0.641. The number of hydrogen-bond donors (Lipinski definition) is 2. The molecular formula is C12H14ClN5O2. The second kappa shape index (κ2) is 5.79. The van der Waals surface area contributed by atoms with Crippen LogP contribution in [0.4, 0.5) is 0 Å². The molecule has 1 aromatic heterocycles. The summed E-state index contributed by atoms with van der Waals surface area (Å²) in [6.07, 6.45) is 4.85. The Morgan fingerprint density at radius 3 is 2.85 bits per heavy atom. The molecule has 0 spiro atoms. The summed E-state index contributed by atoms with van der Waals surface area (Å²) in [4.78, 5) is 15.9. The highest BCUT2D eigenvalue weighted by atomic mass is 35.5. The van der Waals surface area contributed by atoms with Gasteiger partial charge in [0.15, 0.2) is 11.0 Å². The van der Waals surface area contributed by atoms with Gasteiger partial charge in [0, 0.05) is 18.1 Å². The molecule has 0 aliphatic heterocycles. The number of ether oxygens (including phenoxy) is 1. The van der Waals surface area contributed by atoms with E-state index in [9.17, 15) is 4.79 Å². The van der Waals surface area contributed by atoms with Crippen molar-refractivity contribution >= 4 is 29.1 Å². The predicted molar refractivity (Wildman–Crippen MR) is 75.3 cm³/mol. The Hall–Kier alpha value is -2.28. The molecule has 0 saturated carbocycles. The average Bonchev–Trinajstić information content (AvgIpc) is 2.94. The minimum absolute atomic E-state index is 0.0511. The molecule has 0 radical (unpaired) electrons. The van der Waals surface area contributed by atoms with Crippen LogP contribution in [0.1, 0.15) is 6.92 Å². The third kappa shape index (κ3) is 3.00. The van der Waals surface area contributed by atoms with Crippen molar-refractivity contribution in [3.8, 4) is 0 Å². The van der Waals surface area contributed by atoms with Crippen LogP contribution in [0.3, 0.4) is 0 Å². The highest BCUT2D eigenvalue weighted by Gasteiger charge is 2.33. The molecule has 0 fully saturated rings. The lowest BCUT2D eigenvalue weighted by atomic mass is 10.2. The van der Waals surface area contributed by atoms with Crippen LogP contribution in [-0.4, -0.2) is 28.1 Å². The first-order valence-electron chi connectivity index (χ1n) is 5.92. The lowest BCUT2D eigenvalue weighted by molar-refractivity contribution is -0.135. The first kappa shape index (κ1) is 14.1. The molecule has 1 aliphatic carbocycles. The van der Waals surface area contributed by atoms with Crippen molar-refractivity contribution in [2.45, 2.75) is 6.92 Å². The Kier molecular flexibility index (Phi) is 4.09. The molecule has 1 heterocycles. The van der Waals surface area contributed by atoms with Gasteiger partial charge in [0.25, 0.3) is 0 Å². The maximum atomic E-state index is 11.8. The van der Waals surface area contributed by atoms with Crippen LogP contribution in [0.15, 0.2) is 40.4 Å². The summed E-state index contributed by atoms with van der Waals surface area (Å²) >= 11 is 6.02. The number of rotatable bonds is 5. The molecule has 1 aliphatic rings. The smallest absolute Gasteiger partial charge is 0.353 e. The van der Waals surface area contributed by atoms with Crippen molar-refractivity contribution in [2.24, 2.45) is 22.4 Å². The van der Waals surface area contributed by atoms with Crippen LogP contribution in [0, 0.1) is 5.92 Å². The molecule has 1 aromatic rings. The molecule has 0 amide bonds. The van der Waals surface area contributed by atoms with Crippen LogP contribution >= 0.6 is 11.6 Å². The van der Waals surface area contributed by atoms with Crippen molar-refractivity contribution in [3.05, 3.63) is 35.4 Å². The normalized spacial score (nSPS) is 19.2. The van der Waals surface area contributed by atoms with Gasteiger partial charge >= 0.3 is 5.97 Å². The minimum atomic E-state index is -0.569. The van der Waals surface area contributed by atoms with Crippen LogP contribution < -0.4 is 11.5 Å². The van der Waals surface area contributed by atoms with Crippen molar-refractivity contribution < 1.29 is 9.53 Å². The Bertz CT molecular complexity index is 603. The maximum Gasteiger partial charge on any atom is 0.353 e. The number of halogens is 1. The fourth-order valence-corrected chi connectivity index (χ4v) is 1.67. The Morgan fingerprint density at radius 2 is 2.35 bits per heavy atom. The third-order valence-corrected chi connectivity index (χ3v) is 2.85. The summed E-state index contributed by atoms with van der Waals surface area (Å²) in [7, 11) is 0. The number of carbonyl (C=O) groups is 1. The topological polar surface area (TPSA) is 109 Å². The number of esters is 1. The Balaban J connectivity index is 2.28. The van der Waals surface area contributed by atoms with E-state index in [1.807, 2.05) is 0 Å². The van der Waals surface area contributed by atoms with Gasteiger partial charge in [-0.1, -0.05) is 11.6 Å². The maximum absolute atomic E-state index is 11.8. The third-order valence-electron chi connectivity index (χ3n) is 2.57. The highest BCUT2D eigenvalue weighted by molar-refractivity contribution is 6.42. The van der Waals surface area contributed by atoms with Gasteiger partial charge in [-0.3, -0.25) is 0 Å². The van der Waals surface area contributed by atoms with Crippen molar-refractivity contribution in [1.29, 1.82) is 0 Å². The van der Waals surface area contributed by atoms with Gasteiger partial charge in [-0.2, -0.15) is 5.10 Å². The fraction of sp³-hybridized carbons (Fsp3) is 0.250. The fourth-order valence-electron chi connectivity index (χ4n) is 1.50. The van der Waals surface area contributed by atoms with Crippen LogP contribution in [0.2, 0.25) is 0 Å². The molecule has 8 heteroatoms. The lowest BCUT2D eigenvalue weighted by Gasteiger charge is -2.07. The van der Waals surface area contributed by atoms with E-state index in [-0.39, 0.29) is 29.2 Å². The minimum Gasteiger partial charge on any atom is -0.461 e. The van der Waals surface area contributed by atoms with Crippen LogP contribution in [0.25, 0.3) is 5.82 Å². The van der Waals surface area contributed by atoms with E-state index >= 15 is 0 Å². The van der Waals surface area contributed by atoms with Gasteiger partial charge in [0.1, 0.15) is 5.71 Å². The number of hydrogen-bond acceptors (Lipinski definition) is 6. The standard InChI is InChI=1S/C12H14ClN5O2/c1-2-20-12(19)9(7-6-8(7)14)17-10(13)11(15)18-5-3-4-16-18/h3-7H,2,14-15H2,1H3/b11-10+,17-9?/t7-/m1/s1. The second-order valence-corrected chi connectivity index (χ2v) is 4.35. The zero-order valence-electron chi connectivity index (χ0n) is 10.8. The Morgan fingerprint density at radius 1 is 1.65 bits per heavy atom. The van der Waals surface area contributed by atoms with Gasteiger partial charge in [-0.15, -0.1) is 0 Å². The number of nitrogens with zero attached hydrogens (tertiary/aromatic N) is 3. The summed E-state index contributed by atoms with van der Waals surface area (Å²) < 4.78 is 6.27. The van der Waals surface area contributed by atoms with Crippen LogP contribution in [-0.2, 0) is 9.53 Å². The summed E-state index contributed by atoms with van der Waals surface area (Å²) in [5, 5.41) is 3.88. The molecule has 0 aromatic carbocycles. The number of carbonyl (C=O) groups excluding carboxylic acids is 1. The van der Waals surface area contributed by atoms with Crippen molar-refractivity contribution in [2.75, 3.05) is 6.61 Å². The summed E-state index contributed by atoms with van der Waals surface area (Å²) in [5.74, 6) is -0.800. The Labute approximate surface area is 120 Å². The number of nitrogens with two attached hydrogens (primary N) is 2. The van der Waals surface area contributed by atoms with Gasteiger partial charge in [0.2, 0.25) is 0 Å². The number of aromatic nitrogens is 2. The molecule has 0 bridgehead atoms. The van der Waals surface area contributed by atoms with Gasteiger partial charge < -0.3 is 16.2 Å². The van der Waals surface area contributed by atoms with Crippen molar-refractivity contribution in [1.82, 2.24) is 9.78 Å². The molecule has 0 unspecified atom stereocenters. The SMILES string of the molecule is CCOC(=O)C(=N/C(Cl)=C(\N)n1cccn1)[C@@H]1C=C1N. The zero-order valence-corrected chi connectivity index (χ0v) is 11.5. The summed E-state index contributed by atoms with van der Waals surface area (Å²) in [6, 6.07) is 1.69. The lowest BCUT2D eigenvalue weighted by Crippen LogP contribution is -2.22. The summed E-state index contributed by atoms with van der Waals surface area (Å²) in [6.45, 7) is 1.94. The van der Waals surface area contributed by atoms with Gasteiger partial charge in [-0.25, -0.2) is 14.5 Å². The molecule has 0 saturated heterocycles. The van der Waals surface area contributed by atoms with Gasteiger partial charge in [-0.05, 0) is 19.1 Å². The van der Waals surface area contributed by atoms with E-state index in [0.29, 0.717) is 5.70 Å². The van der Waals surface area contributed by atoms with E-state index in [1.54, 1.807) is 31.5 Å².